The van der Waals surface area contributed by atoms with Crippen molar-refractivity contribution in [1.82, 2.24) is 9.80 Å². The minimum absolute atomic E-state index is 0.315. The molecular weight excluding hydrogens is 300 g/mol. The highest BCUT2D eigenvalue weighted by Crippen LogP contribution is 2.39. The summed E-state index contributed by atoms with van der Waals surface area (Å²) in [6.07, 6.45) is 7.44. The molecule has 0 bridgehead atoms. The summed E-state index contributed by atoms with van der Waals surface area (Å²) < 4.78 is 5.39. The maximum absolute atomic E-state index is 11.9. The Labute approximate surface area is 145 Å². The lowest BCUT2D eigenvalue weighted by Crippen LogP contribution is -2.39. The molecule has 0 N–H and O–H groups in total. The maximum atomic E-state index is 11.9. The fourth-order valence-corrected chi connectivity index (χ4v) is 4.15. The Morgan fingerprint density at radius 1 is 1.29 bits per heavy atom. The molecule has 1 aliphatic heterocycles. The maximum Gasteiger partial charge on any atom is 0.222 e. The van der Waals surface area contributed by atoms with Crippen molar-refractivity contribution in [3.63, 3.8) is 0 Å². The van der Waals surface area contributed by atoms with Crippen LogP contribution in [-0.2, 0) is 4.79 Å². The minimum atomic E-state index is 0.315. The third-order valence-electron chi connectivity index (χ3n) is 5.64. The van der Waals surface area contributed by atoms with Crippen LogP contribution in [0.2, 0.25) is 0 Å². The van der Waals surface area contributed by atoms with Crippen molar-refractivity contribution in [3.8, 4) is 5.75 Å². The molecule has 1 heterocycles. The number of para-hydroxylation sites is 1. The van der Waals surface area contributed by atoms with Crippen molar-refractivity contribution in [2.24, 2.45) is 11.8 Å². The van der Waals surface area contributed by atoms with E-state index in [1.165, 1.54) is 6.42 Å². The highest BCUT2D eigenvalue weighted by Gasteiger charge is 2.41. The first-order valence-electron chi connectivity index (χ1n) is 8.82. The van der Waals surface area contributed by atoms with E-state index in [0.717, 1.165) is 37.2 Å². The molecule has 4 nitrogen and oxygen atoms in total. The SMILES string of the molecule is COc1ccccc1C=CCN(C)[C@@H]1C[C@@H]2CC(=O)N(C)C[C@@H]2C1. The Morgan fingerprint density at radius 3 is 2.83 bits per heavy atom. The molecule has 0 radical (unpaired) electrons. The number of likely N-dealkylation sites (tertiary alicyclic amines) is 1. The lowest BCUT2D eigenvalue weighted by atomic mass is 9.88. The van der Waals surface area contributed by atoms with Crippen LogP contribution in [0.4, 0.5) is 0 Å². The number of piperidine rings is 1. The number of rotatable bonds is 5. The third kappa shape index (κ3) is 3.64. The van der Waals surface area contributed by atoms with Crippen molar-refractivity contribution < 1.29 is 9.53 Å². The molecule has 1 amide bonds. The lowest BCUT2D eigenvalue weighted by molar-refractivity contribution is -0.134. The van der Waals surface area contributed by atoms with Crippen LogP contribution >= 0.6 is 0 Å². The summed E-state index contributed by atoms with van der Waals surface area (Å²) in [4.78, 5) is 16.2. The summed E-state index contributed by atoms with van der Waals surface area (Å²) in [5.41, 5.74) is 1.11. The van der Waals surface area contributed by atoms with E-state index in [0.29, 0.717) is 23.8 Å². The second-order valence-electron chi connectivity index (χ2n) is 7.21. The molecule has 1 saturated heterocycles. The normalized spacial score (nSPS) is 27.1. The van der Waals surface area contributed by atoms with Crippen molar-refractivity contribution in [3.05, 3.63) is 35.9 Å². The van der Waals surface area contributed by atoms with Crippen LogP contribution in [0.5, 0.6) is 5.75 Å². The molecule has 0 aromatic heterocycles. The van der Waals surface area contributed by atoms with Gasteiger partial charge in [0.15, 0.2) is 0 Å². The molecule has 2 fully saturated rings. The van der Waals surface area contributed by atoms with Gasteiger partial charge in [0.2, 0.25) is 5.91 Å². The number of carbonyl (C=O) groups is 1. The number of fused-ring (bicyclic) bond motifs is 1. The zero-order valence-electron chi connectivity index (χ0n) is 14.9. The summed E-state index contributed by atoms with van der Waals surface area (Å²) in [6, 6.07) is 8.66. The smallest absolute Gasteiger partial charge is 0.222 e. The van der Waals surface area contributed by atoms with Gasteiger partial charge in [0.25, 0.3) is 0 Å². The van der Waals surface area contributed by atoms with Crippen LogP contribution in [-0.4, -0.2) is 56.0 Å². The molecule has 1 aliphatic carbocycles. The average Bonchev–Trinajstić information content (AvgIpc) is 2.98. The van der Waals surface area contributed by atoms with Gasteiger partial charge in [-0.2, -0.15) is 0 Å². The largest absolute Gasteiger partial charge is 0.496 e. The van der Waals surface area contributed by atoms with Crippen molar-refractivity contribution >= 4 is 12.0 Å². The molecule has 1 aromatic rings. The number of ether oxygens (including phenoxy) is 1. The van der Waals surface area contributed by atoms with Gasteiger partial charge >= 0.3 is 0 Å². The second kappa shape index (κ2) is 7.39. The van der Waals surface area contributed by atoms with Crippen molar-refractivity contribution in [2.75, 3.05) is 34.3 Å². The van der Waals surface area contributed by atoms with Gasteiger partial charge in [0, 0.05) is 38.2 Å². The number of carbonyl (C=O) groups excluding carboxylic acids is 1. The van der Waals surface area contributed by atoms with E-state index in [4.69, 9.17) is 4.74 Å². The third-order valence-corrected chi connectivity index (χ3v) is 5.64. The molecule has 130 valence electrons. The standard InChI is InChI=1S/C20H28N2O2/c1-21(10-6-8-15-7-4-5-9-19(15)24-3)18-11-16-13-20(23)22(2)14-17(16)12-18/h4-9,16-18H,10-14H2,1-3H3/t16-,17+,18-/m1/s1. The number of benzene rings is 1. The fourth-order valence-electron chi connectivity index (χ4n) is 4.15. The van der Waals surface area contributed by atoms with Crippen LogP contribution in [0, 0.1) is 11.8 Å². The molecule has 0 spiro atoms. The van der Waals surface area contributed by atoms with Crippen LogP contribution in [0.15, 0.2) is 30.3 Å². The van der Waals surface area contributed by atoms with Gasteiger partial charge in [0.05, 0.1) is 7.11 Å². The Hall–Kier alpha value is -1.81. The molecular formula is C20H28N2O2. The summed E-state index contributed by atoms with van der Waals surface area (Å²) in [5.74, 6) is 2.48. The van der Waals surface area contributed by atoms with Crippen LogP contribution in [0.1, 0.15) is 24.8 Å². The van der Waals surface area contributed by atoms with Gasteiger partial charge in [-0.3, -0.25) is 9.69 Å². The molecule has 1 saturated carbocycles. The molecule has 3 rings (SSSR count). The number of hydrogen-bond donors (Lipinski definition) is 0. The van der Waals surface area contributed by atoms with E-state index in [1.807, 2.05) is 30.1 Å². The molecule has 3 atom stereocenters. The van der Waals surface area contributed by atoms with Crippen LogP contribution < -0.4 is 4.74 Å². The Kier molecular flexibility index (Phi) is 5.24. The van der Waals surface area contributed by atoms with E-state index in [1.54, 1.807) is 7.11 Å². The van der Waals surface area contributed by atoms with Crippen LogP contribution in [0.25, 0.3) is 6.08 Å². The summed E-state index contributed by atoms with van der Waals surface area (Å²) >= 11 is 0. The molecule has 1 aromatic carbocycles. The second-order valence-corrected chi connectivity index (χ2v) is 7.21. The summed E-state index contributed by atoms with van der Waals surface area (Å²) in [7, 11) is 5.84. The predicted molar refractivity (Wildman–Crippen MR) is 96.9 cm³/mol. The number of nitrogens with zero attached hydrogens (tertiary/aromatic N) is 2. The van der Waals surface area contributed by atoms with Gasteiger partial charge in [-0.1, -0.05) is 30.4 Å². The van der Waals surface area contributed by atoms with E-state index in [-0.39, 0.29) is 0 Å². The highest BCUT2D eigenvalue weighted by molar-refractivity contribution is 5.77. The van der Waals surface area contributed by atoms with Crippen molar-refractivity contribution in [2.45, 2.75) is 25.3 Å². The van der Waals surface area contributed by atoms with Gasteiger partial charge in [-0.25, -0.2) is 0 Å². The number of hydrogen-bond acceptors (Lipinski definition) is 3. The van der Waals surface area contributed by atoms with E-state index in [2.05, 4.69) is 30.2 Å². The molecule has 0 unspecified atom stereocenters. The van der Waals surface area contributed by atoms with Crippen LogP contribution in [0.3, 0.4) is 0 Å². The topological polar surface area (TPSA) is 32.8 Å². The van der Waals surface area contributed by atoms with E-state index >= 15 is 0 Å². The summed E-state index contributed by atoms with van der Waals surface area (Å²) in [5, 5.41) is 0. The predicted octanol–water partition coefficient (Wildman–Crippen LogP) is 2.90. The fraction of sp³-hybridized carbons (Fsp3) is 0.550. The van der Waals surface area contributed by atoms with Gasteiger partial charge in [-0.05, 0) is 37.8 Å². The Bertz CT molecular complexity index is 613. The lowest BCUT2D eigenvalue weighted by Gasteiger charge is -2.31. The Balaban J connectivity index is 1.55. The van der Waals surface area contributed by atoms with Gasteiger partial charge in [0.1, 0.15) is 5.75 Å². The van der Waals surface area contributed by atoms with Gasteiger partial charge < -0.3 is 9.64 Å². The zero-order valence-corrected chi connectivity index (χ0v) is 14.9. The number of methoxy groups -OCH3 is 1. The van der Waals surface area contributed by atoms with Crippen molar-refractivity contribution in [1.29, 1.82) is 0 Å². The molecule has 4 heteroatoms. The van der Waals surface area contributed by atoms with E-state index < -0.39 is 0 Å². The number of likely N-dealkylation sites (N-methyl/N-ethyl adjacent to an activating group) is 1. The molecule has 2 aliphatic rings. The first-order valence-corrected chi connectivity index (χ1v) is 8.82. The first-order chi connectivity index (χ1) is 11.6. The molecule has 24 heavy (non-hydrogen) atoms. The quantitative estimate of drug-likeness (QED) is 0.833. The average molecular weight is 328 g/mol. The monoisotopic (exact) mass is 328 g/mol. The van der Waals surface area contributed by atoms with E-state index in [9.17, 15) is 4.79 Å². The van der Waals surface area contributed by atoms with Gasteiger partial charge in [-0.15, -0.1) is 0 Å². The first kappa shape index (κ1) is 17.0. The highest BCUT2D eigenvalue weighted by atomic mass is 16.5. The number of amides is 1. The zero-order chi connectivity index (χ0) is 17.1. The summed E-state index contributed by atoms with van der Waals surface area (Å²) in [6.45, 7) is 1.86. The minimum Gasteiger partial charge on any atom is -0.496 e. The Morgan fingerprint density at radius 2 is 2.04 bits per heavy atom.